The van der Waals surface area contributed by atoms with Crippen molar-refractivity contribution in [2.45, 2.75) is 110 Å². The summed E-state index contributed by atoms with van der Waals surface area (Å²) in [4.78, 5) is 0. The Balaban J connectivity index is 3.10. The summed E-state index contributed by atoms with van der Waals surface area (Å²) in [6, 6.07) is 0. The monoisotopic (exact) mass is 396 g/mol. The number of rotatable bonds is 4. The van der Waals surface area contributed by atoms with Crippen LogP contribution in [0.25, 0.3) is 0 Å². The van der Waals surface area contributed by atoms with Crippen molar-refractivity contribution < 1.29 is 0 Å². The molecule has 1 rings (SSSR count). The third-order valence-corrected chi connectivity index (χ3v) is 13.3. The molecular formula is C24H46P2. The molecule has 152 valence electrons. The van der Waals surface area contributed by atoms with Gasteiger partial charge < -0.3 is 0 Å². The van der Waals surface area contributed by atoms with Crippen LogP contribution in [0.15, 0.2) is 23.8 Å². The summed E-state index contributed by atoms with van der Waals surface area (Å²) in [5, 5.41) is 1.63. The van der Waals surface area contributed by atoms with Crippen LogP contribution in [-0.2, 0) is 0 Å². The molecule has 0 radical (unpaired) electrons. The molecule has 0 aromatic heterocycles. The summed E-state index contributed by atoms with van der Waals surface area (Å²) in [6.07, 6.45) is 11.1. The van der Waals surface area contributed by atoms with Crippen molar-refractivity contribution in [2.75, 3.05) is 12.3 Å². The van der Waals surface area contributed by atoms with Gasteiger partial charge in [0.05, 0.1) is 0 Å². The molecule has 0 N–H and O–H groups in total. The van der Waals surface area contributed by atoms with E-state index in [1.54, 1.807) is 5.57 Å². The van der Waals surface area contributed by atoms with Gasteiger partial charge in [-0.15, -0.1) is 0 Å². The maximum Gasteiger partial charge on any atom is -0.00989 e. The van der Waals surface area contributed by atoms with Gasteiger partial charge in [0, 0.05) is 0 Å². The highest BCUT2D eigenvalue weighted by atomic mass is 31.1. The molecule has 1 aliphatic rings. The minimum Gasteiger partial charge on any atom is -0.0950 e. The molecule has 1 aliphatic carbocycles. The van der Waals surface area contributed by atoms with Crippen LogP contribution in [0, 0.1) is 5.92 Å². The predicted octanol–water partition coefficient (Wildman–Crippen LogP) is 8.65. The first-order valence-electron chi connectivity index (χ1n) is 10.3. The first-order chi connectivity index (χ1) is 11.4. The van der Waals surface area contributed by atoms with Gasteiger partial charge in [-0.05, 0) is 45.3 Å². The zero-order valence-electron chi connectivity index (χ0n) is 19.8. The van der Waals surface area contributed by atoms with Crippen LogP contribution in [-0.4, -0.2) is 32.9 Å². The number of allylic oxidation sites excluding steroid dienone is 4. The Morgan fingerprint density at radius 3 is 1.54 bits per heavy atom. The molecule has 0 aromatic carbocycles. The topological polar surface area (TPSA) is 0 Å². The first kappa shape index (κ1) is 24.4. The summed E-state index contributed by atoms with van der Waals surface area (Å²) in [5.74, 6) is 0.749. The quantitative estimate of drug-likeness (QED) is 0.417. The second kappa shape index (κ2) is 8.37. The maximum atomic E-state index is 2.47. The molecule has 0 fully saturated rings. The smallest absolute Gasteiger partial charge is 0.00989 e. The zero-order chi connectivity index (χ0) is 20.6. The van der Waals surface area contributed by atoms with E-state index >= 15 is 0 Å². The van der Waals surface area contributed by atoms with E-state index < -0.39 is 0 Å². The average Bonchev–Trinajstić information content (AvgIpc) is 2.38. The van der Waals surface area contributed by atoms with Crippen LogP contribution in [0.4, 0.5) is 0 Å². The minimum atomic E-state index is -0.0684. The Labute approximate surface area is 168 Å². The van der Waals surface area contributed by atoms with Gasteiger partial charge in [0.25, 0.3) is 0 Å². The van der Waals surface area contributed by atoms with Crippen molar-refractivity contribution in [2.24, 2.45) is 5.92 Å². The predicted molar refractivity (Wildman–Crippen MR) is 128 cm³/mol. The molecule has 0 aromatic rings. The van der Waals surface area contributed by atoms with E-state index in [2.05, 4.69) is 101 Å². The van der Waals surface area contributed by atoms with Crippen LogP contribution in [0.1, 0.15) is 89.5 Å². The molecule has 0 spiro atoms. The average molecular weight is 397 g/mol. The molecule has 26 heavy (non-hydrogen) atoms. The van der Waals surface area contributed by atoms with Gasteiger partial charge in [0.1, 0.15) is 0 Å². The molecule has 0 nitrogen and oxygen atoms in total. The van der Waals surface area contributed by atoms with Crippen molar-refractivity contribution in [3.8, 4) is 0 Å². The first-order valence-corrected chi connectivity index (χ1v) is 13.4. The highest BCUT2D eigenvalue weighted by Gasteiger charge is 2.39. The van der Waals surface area contributed by atoms with Crippen LogP contribution in [0.3, 0.4) is 0 Å². The van der Waals surface area contributed by atoms with Gasteiger partial charge in [-0.2, -0.15) is 0 Å². The fourth-order valence-corrected chi connectivity index (χ4v) is 12.2. The van der Waals surface area contributed by atoms with Gasteiger partial charge in [-0.1, -0.05) is 123 Å². The molecule has 0 amide bonds. The molecule has 0 aliphatic heterocycles. The van der Waals surface area contributed by atoms with Gasteiger partial charge in [-0.3, -0.25) is 0 Å². The molecule has 2 heteroatoms. The van der Waals surface area contributed by atoms with Crippen molar-refractivity contribution in [1.29, 1.82) is 0 Å². The van der Waals surface area contributed by atoms with E-state index in [9.17, 15) is 0 Å². The Morgan fingerprint density at radius 1 is 0.731 bits per heavy atom. The molecule has 1 atom stereocenters. The van der Waals surface area contributed by atoms with Crippen LogP contribution in [0.5, 0.6) is 0 Å². The van der Waals surface area contributed by atoms with Crippen LogP contribution in [0.2, 0.25) is 0 Å². The van der Waals surface area contributed by atoms with E-state index in [4.69, 9.17) is 0 Å². The van der Waals surface area contributed by atoms with E-state index in [-0.39, 0.29) is 15.8 Å². The minimum absolute atomic E-state index is 0.0409. The normalized spacial score (nSPS) is 20.1. The molecule has 1 unspecified atom stereocenters. The van der Waals surface area contributed by atoms with E-state index in [1.807, 2.05) is 0 Å². The van der Waals surface area contributed by atoms with Gasteiger partial charge >= 0.3 is 0 Å². The third-order valence-electron chi connectivity index (χ3n) is 5.37. The molecular weight excluding hydrogens is 350 g/mol. The van der Waals surface area contributed by atoms with Gasteiger partial charge in [-0.25, -0.2) is 0 Å². The van der Waals surface area contributed by atoms with E-state index in [0.29, 0.717) is 20.6 Å². The third kappa shape index (κ3) is 7.06. The summed E-state index contributed by atoms with van der Waals surface area (Å²) in [5.41, 5.74) is 1.74. The van der Waals surface area contributed by atoms with Crippen molar-refractivity contribution in [1.82, 2.24) is 0 Å². The lowest BCUT2D eigenvalue weighted by atomic mass is 9.94. The zero-order valence-corrected chi connectivity index (χ0v) is 21.6. The lowest BCUT2D eigenvalue weighted by molar-refractivity contribution is 0.644. The molecule has 0 heterocycles. The molecule has 0 bridgehead atoms. The maximum absolute atomic E-state index is 2.47. The lowest BCUT2D eigenvalue weighted by Crippen LogP contribution is -2.31. The van der Waals surface area contributed by atoms with E-state index in [1.165, 1.54) is 18.7 Å². The Bertz CT molecular complexity index is 484. The second-order valence-corrected chi connectivity index (χ2v) is 19.7. The SMILES string of the molecule is CC(C)(C)P(CC1=CC=CCC1CP(C(C)(C)C)C(C)(C)C)C(C)(C)C. The standard InChI is InChI=1S/C24H46P2/c1-21(2,3)25(22(4,5)6)17-19-15-13-14-16-20(19)18-26(23(7,8)9)24(10,11)12/h13-15,20H,16-18H2,1-12H3. The lowest BCUT2D eigenvalue weighted by Gasteiger charge is -2.46. The van der Waals surface area contributed by atoms with E-state index in [0.717, 1.165) is 5.92 Å². The van der Waals surface area contributed by atoms with Gasteiger partial charge in [0.2, 0.25) is 0 Å². The molecule has 0 saturated heterocycles. The Kier molecular flexibility index (Phi) is 7.85. The summed E-state index contributed by atoms with van der Waals surface area (Å²) < 4.78 is 0. The second-order valence-electron chi connectivity index (χ2n) is 12.0. The molecule has 0 saturated carbocycles. The fraction of sp³-hybridized carbons (Fsp3) is 0.833. The number of hydrogen-bond donors (Lipinski definition) is 0. The van der Waals surface area contributed by atoms with Crippen molar-refractivity contribution >= 4 is 15.8 Å². The summed E-state index contributed by atoms with van der Waals surface area (Å²) in [6.45, 7) is 29.5. The summed E-state index contributed by atoms with van der Waals surface area (Å²) in [7, 11) is -0.109. The fourth-order valence-electron chi connectivity index (χ4n) is 4.53. The van der Waals surface area contributed by atoms with Crippen molar-refractivity contribution in [3.63, 3.8) is 0 Å². The summed E-state index contributed by atoms with van der Waals surface area (Å²) >= 11 is 0. The van der Waals surface area contributed by atoms with Gasteiger partial charge in [0.15, 0.2) is 0 Å². The van der Waals surface area contributed by atoms with Crippen LogP contribution >= 0.6 is 15.8 Å². The van der Waals surface area contributed by atoms with Crippen molar-refractivity contribution in [3.05, 3.63) is 23.8 Å². The highest BCUT2D eigenvalue weighted by Crippen LogP contribution is 2.63. The Hall–Kier alpha value is 0.340. The highest BCUT2D eigenvalue weighted by molar-refractivity contribution is 7.61. The van der Waals surface area contributed by atoms with Crippen LogP contribution < -0.4 is 0 Å². The Morgan fingerprint density at radius 2 is 1.15 bits per heavy atom. The number of hydrogen-bond acceptors (Lipinski definition) is 0. The largest absolute Gasteiger partial charge is 0.0950 e.